The number of nitrogens with one attached hydrogen (secondary N) is 1. The summed E-state index contributed by atoms with van der Waals surface area (Å²) in [6.07, 6.45) is -3.93. The fourth-order valence-electron chi connectivity index (χ4n) is 2.06. The topological polar surface area (TPSA) is 65.5 Å². The van der Waals surface area contributed by atoms with Crippen molar-refractivity contribution in [1.29, 1.82) is 0 Å². The number of pyridine rings is 1. The molecule has 1 aromatic heterocycles. The van der Waals surface area contributed by atoms with Crippen LogP contribution in [0.5, 0.6) is 0 Å². The van der Waals surface area contributed by atoms with E-state index in [-0.39, 0.29) is 6.04 Å². The van der Waals surface area contributed by atoms with Crippen LogP contribution < -0.4 is 10.2 Å². The van der Waals surface area contributed by atoms with Crippen molar-refractivity contribution < 1.29 is 23.1 Å². The monoisotopic (exact) mass is 275 g/mol. The number of alkyl halides is 3. The van der Waals surface area contributed by atoms with Gasteiger partial charge < -0.3 is 15.3 Å². The van der Waals surface area contributed by atoms with Crippen LogP contribution in [0.3, 0.4) is 0 Å². The van der Waals surface area contributed by atoms with Crippen LogP contribution in [0.2, 0.25) is 0 Å². The molecule has 0 aromatic carbocycles. The lowest BCUT2D eigenvalue weighted by Gasteiger charge is -2.19. The van der Waals surface area contributed by atoms with Crippen LogP contribution >= 0.6 is 0 Å². The number of anilines is 1. The third kappa shape index (κ3) is 3.27. The Morgan fingerprint density at radius 2 is 2.26 bits per heavy atom. The third-order valence-corrected chi connectivity index (χ3v) is 2.91. The van der Waals surface area contributed by atoms with Crippen LogP contribution in [0, 0.1) is 0 Å². The van der Waals surface area contributed by atoms with Gasteiger partial charge in [-0.05, 0) is 18.6 Å². The Bertz CT molecular complexity index is 478. The maximum Gasteiger partial charge on any atom is 0.433 e. The summed E-state index contributed by atoms with van der Waals surface area (Å²) in [4.78, 5) is 15.5. The first-order chi connectivity index (χ1) is 8.86. The second-order valence-corrected chi connectivity index (χ2v) is 4.28. The predicted octanol–water partition coefficient (Wildman–Crippen LogP) is 1.95. The minimum atomic E-state index is -4.48. The van der Waals surface area contributed by atoms with Crippen molar-refractivity contribution in [2.75, 3.05) is 18.0 Å². The van der Waals surface area contributed by atoms with Gasteiger partial charge in [-0.3, -0.25) is 4.98 Å². The number of amides is 1. The summed E-state index contributed by atoms with van der Waals surface area (Å²) in [5.41, 5.74) is -0.545. The Morgan fingerprint density at radius 3 is 2.89 bits per heavy atom. The standard InChI is InChI=1S/C11H12F3N3O2/c12-11(13,14)9-5-8(1-3-15-9)17-4-2-7(6-17)16-10(18)19/h1,3,5,7,16H,2,4,6H2,(H,18,19)/t7-/m1/s1. The number of nitrogens with zero attached hydrogens (tertiary/aromatic N) is 2. The molecule has 2 rings (SSSR count). The average molecular weight is 275 g/mol. The van der Waals surface area contributed by atoms with Gasteiger partial charge in [0.1, 0.15) is 5.69 Å². The van der Waals surface area contributed by atoms with Crippen molar-refractivity contribution >= 4 is 11.8 Å². The molecule has 0 saturated carbocycles. The molecule has 5 nitrogen and oxygen atoms in total. The molecule has 0 unspecified atom stereocenters. The summed E-state index contributed by atoms with van der Waals surface area (Å²) in [6.45, 7) is 0.861. The van der Waals surface area contributed by atoms with Crippen molar-refractivity contribution in [3.63, 3.8) is 0 Å². The van der Waals surface area contributed by atoms with E-state index in [1.807, 2.05) is 0 Å². The van der Waals surface area contributed by atoms with E-state index in [1.54, 1.807) is 4.90 Å². The van der Waals surface area contributed by atoms with Crippen LogP contribution in [0.4, 0.5) is 23.7 Å². The number of carboxylic acid groups (broad SMARTS) is 1. The van der Waals surface area contributed by atoms with Gasteiger partial charge in [0.2, 0.25) is 0 Å². The van der Waals surface area contributed by atoms with E-state index in [0.717, 1.165) is 12.3 Å². The molecule has 1 saturated heterocycles. The maximum absolute atomic E-state index is 12.5. The van der Waals surface area contributed by atoms with Crippen LogP contribution in [-0.4, -0.2) is 35.3 Å². The molecule has 2 heterocycles. The summed E-state index contributed by atoms with van der Waals surface area (Å²) in [5, 5.41) is 10.9. The van der Waals surface area contributed by atoms with Gasteiger partial charge in [-0.2, -0.15) is 13.2 Å². The van der Waals surface area contributed by atoms with E-state index in [9.17, 15) is 18.0 Å². The number of carbonyl (C=O) groups is 1. The number of hydrogen-bond donors (Lipinski definition) is 2. The zero-order valence-electron chi connectivity index (χ0n) is 9.81. The smallest absolute Gasteiger partial charge is 0.433 e. The van der Waals surface area contributed by atoms with Crippen molar-refractivity contribution in [2.45, 2.75) is 18.6 Å². The van der Waals surface area contributed by atoms with E-state index < -0.39 is 18.0 Å². The third-order valence-electron chi connectivity index (χ3n) is 2.91. The SMILES string of the molecule is O=C(O)N[C@@H]1CCN(c2ccnc(C(F)(F)F)c2)C1. The molecule has 1 atom stereocenters. The highest BCUT2D eigenvalue weighted by atomic mass is 19.4. The molecule has 1 aliphatic heterocycles. The van der Waals surface area contributed by atoms with Gasteiger partial charge in [-0.15, -0.1) is 0 Å². The Kier molecular flexibility index (Phi) is 3.50. The number of rotatable bonds is 2. The normalized spacial score (nSPS) is 19.5. The number of halogens is 3. The minimum absolute atomic E-state index is 0.264. The first-order valence-corrected chi connectivity index (χ1v) is 5.64. The Labute approximate surface area is 107 Å². The molecule has 1 amide bonds. The molecule has 0 aliphatic carbocycles. The predicted molar refractivity (Wildman–Crippen MR) is 61.0 cm³/mol. The van der Waals surface area contributed by atoms with E-state index in [4.69, 9.17) is 5.11 Å². The summed E-state index contributed by atoms with van der Waals surface area (Å²) in [5.74, 6) is 0. The molecule has 0 bridgehead atoms. The van der Waals surface area contributed by atoms with Gasteiger partial charge in [-0.25, -0.2) is 4.79 Å². The second-order valence-electron chi connectivity index (χ2n) is 4.28. The summed E-state index contributed by atoms with van der Waals surface area (Å²) in [6, 6.07) is 2.20. The summed E-state index contributed by atoms with van der Waals surface area (Å²) in [7, 11) is 0. The fourth-order valence-corrected chi connectivity index (χ4v) is 2.06. The van der Waals surface area contributed by atoms with Crippen LogP contribution in [0.25, 0.3) is 0 Å². The lowest BCUT2D eigenvalue weighted by Crippen LogP contribution is -2.36. The molecule has 2 N–H and O–H groups in total. The van der Waals surface area contributed by atoms with Gasteiger partial charge in [0, 0.05) is 25.0 Å². The highest BCUT2D eigenvalue weighted by Gasteiger charge is 2.33. The first kappa shape index (κ1) is 13.4. The first-order valence-electron chi connectivity index (χ1n) is 5.64. The molecule has 104 valence electrons. The largest absolute Gasteiger partial charge is 0.465 e. The van der Waals surface area contributed by atoms with Crippen LogP contribution in [0.1, 0.15) is 12.1 Å². The quantitative estimate of drug-likeness (QED) is 0.865. The van der Waals surface area contributed by atoms with Crippen molar-refractivity contribution in [3.05, 3.63) is 24.0 Å². The molecule has 0 radical (unpaired) electrons. The van der Waals surface area contributed by atoms with E-state index in [2.05, 4.69) is 10.3 Å². The van der Waals surface area contributed by atoms with Gasteiger partial charge in [-0.1, -0.05) is 0 Å². The molecular weight excluding hydrogens is 263 g/mol. The molecule has 0 spiro atoms. The number of aromatic nitrogens is 1. The van der Waals surface area contributed by atoms with Crippen molar-refractivity contribution in [1.82, 2.24) is 10.3 Å². The van der Waals surface area contributed by atoms with E-state index in [1.165, 1.54) is 6.07 Å². The minimum Gasteiger partial charge on any atom is -0.465 e. The van der Waals surface area contributed by atoms with Gasteiger partial charge >= 0.3 is 12.3 Å². The number of hydrogen-bond acceptors (Lipinski definition) is 3. The van der Waals surface area contributed by atoms with Gasteiger partial charge in [0.15, 0.2) is 0 Å². The Balaban J connectivity index is 2.09. The Hall–Kier alpha value is -1.99. The van der Waals surface area contributed by atoms with Gasteiger partial charge in [0.25, 0.3) is 0 Å². The Morgan fingerprint density at radius 1 is 1.53 bits per heavy atom. The highest BCUT2D eigenvalue weighted by molar-refractivity contribution is 5.65. The van der Waals surface area contributed by atoms with E-state index >= 15 is 0 Å². The highest BCUT2D eigenvalue weighted by Crippen LogP contribution is 2.30. The molecule has 19 heavy (non-hydrogen) atoms. The lowest BCUT2D eigenvalue weighted by molar-refractivity contribution is -0.141. The van der Waals surface area contributed by atoms with Crippen molar-refractivity contribution in [3.8, 4) is 0 Å². The molecule has 1 fully saturated rings. The van der Waals surface area contributed by atoms with Crippen LogP contribution in [-0.2, 0) is 6.18 Å². The molecule has 1 aliphatic rings. The lowest BCUT2D eigenvalue weighted by atomic mass is 10.3. The van der Waals surface area contributed by atoms with Crippen molar-refractivity contribution in [2.24, 2.45) is 0 Å². The molecule has 1 aromatic rings. The second kappa shape index (κ2) is 4.94. The molecular formula is C11H12F3N3O2. The fraction of sp³-hybridized carbons (Fsp3) is 0.455. The zero-order chi connectivity index (χ0) is 14.0. The van der Waals surface area contributed by atoms with E-state index in [0.29, 0.717) is 25.2 Å². The molecule has 8 heteroatoms. The van der Waals surface area contributed by atoms with Crippen LogP contribution in [0.15, 0.2) is 18.3 Å². The maximum atomic E-state index is 12.5. The van der Waals surface area contributed by atoms with Gasteiger partial charge in [0.05, 0.1) is 6.04 Å². The zero-order valence-corrected chi connectivity index (χ0v) is 9.81. The summed E-state index contributed by atoms with van der Waals surface area (Å²) >= 11 is 0. The average Bonchev–Trinajstić information content (AvgIpc) is 2.76. The summed E-state index contributed by atoms with van der Waals surface area (Å²) < 4.78 is 37.6.